The fourth-order valence-electron chi connectivity index (χ4n) is 6.97. The second-order valence-electron chi connectivity index (χ2n) is 16.1. The van der Waals surface area contributed by atoms with Crippen LogP contribution in [0.1, 0.15) is 226 Å². The lowest BCUT2D eigenvalue weighted by molar-refractivity contribution is -0.150. The lowest BCUT2D eigenvalue weighted by Crippen LogP contribution is -2.46. The Labute approximate surface area is 352 Å². The normalized spacial score (nSPS) is 13.8. The second kappa shape index (κ2) is 44.7. The molecule has 0 aliphatic heterocycles. The number of nitrogens with one attached hydrogen (secondary N) is 1. The first-order chi connectivity index (χ1) is 28.0. The van der Waals surface area contributed by atoms with E-state index in [0.29, 0.717) is 19.3 Å². The molecule has 0 aromatic rings. The van der Waals surface area contributed by atoms with E-state index in [-0.39, 0.29) is 31.3 Å². The Kier molecular flexibility index (Phi) is 42.7. The predicted octanol–water partition coefficient (Wildman–Crippen LogP) is 14.1. The molecule has 3 N–H and O–H groups in total. The van der Waals surface area contributed by atoms with Crippen molar-refractivity contribution in [1.82, 2.24) is 5.32 Å². The van der Waals surface area contributed by atoms with Gasteiger partial charge in [0.15, 0.2) is 0 Å². The third-order valence-electron chi connectivity index (χ3n) is 10.6. The molecular weight excluding hydrogens is 707 g/mol. The van der Waals surface area contributed by atoms with Crippen LogP contribution >= 0.6 is 0 Å². The van der Waals surface area contributed by atoms with Gasteiger partial charge in [-0.25, -0.2) is 0 Å². The van der Waals surface area contributed by atoms with E-state index in [0.717, 1.165) is 83.5 Å². The molecule has 3 unspecified atom stereocenters. The Hall–Kier alpha value is -2.44. The summed E-state index contributed by atoms with van der Waals surface area (Å²) in [7, 11) is 0. The summed E-state index contributed by atoms with van der Waals surface area (Å²) in [5.74, 6) is -0.579. The van der Waals surface area contributed by atoms with Gasteiger partial charge in [-0.15, -0.1) is 0 Å². The van der Waals surface area contributed by atoms with Crippen molar-refractivity contribution in [2.75, 3.05) is 6.61 Å². The van der Waals surface area contributed by atoms with Gasteiger partial charge in [-0.2, -0.15) is 0 Å². The SMILES string of the molecule is CC/C=C/C/C=C/C/C=C/CCCCCCC(CC(=O)NC(CO)C(O)CCCCCCCCCCCCC)OC(=O)CC/C=C/C/C=C\CCCCCCCC. The fraction of sp³-hybridized carbons (Fsp3) is 0.765. The van der Waals surface area contributed by atoms with E-state index in [1.54, 1.807) is 0 Å². The third-order valence-corrected chi connectivity index (χ3v) is 10.6. The highest BCUT2D eigenvalue weighted by Gasteiger charge is 2.24. The lowest BCUT2D eigenvalue weighted by Gasteiger charge is -2.24. The van der Waals surface area contributed by atoms with Gasteiger partial charge in [0.25, 0.3) is 0 Å². The minimum atomic E-state index is -0.802. The molecule has 0 fully saturated rings. The maximum atomic E-state index is 13.1. The van der Waals surface area contributed by atoms with Crippen LogP contribution in [-0.2, 0) is 14.3 Å². The number of carbonyl (C=O) groups excluding carboxylic acids is 2. The number of hydrogen-bond donors (Lipinski definition) is 3. The van der Waals surface area contributed by atoms with Crippen molar-refractivity contribution >= 4 is 11.9 Å². The number of aliphatic hydroxyl groups is 2. The van der Waals surface area contributed by atoms with Gasteiger partial charge in [-0.1, -0.05) is 197 Å². The molecule has 0 aromatic carbocycles. The van der Waals surface area contributed by atoms with Gasteiger partial charge in [0.05, 0.1) is 25.2 Å². The number of unbranched alkanes of at least 4 members (excludes halogenated alkanes) is 20. The highest BCUT2D eigenvalue weighted by Crippen LogP contribution is 2.17. The van der Waals surface area contributed by atoms with Gasteiger partial charge in [-0.3, -0.25) is 9.59 Å². The monoisotopic (exact) mass is 798 g/mol. The van der Waals surface area contributed by atoms with Gasteiger partial charge in [0.2, 0.25) is 5.91 Å². The molecule has 0 bridgehead atoms. The molecule has 0 radical (unpaired) electrons. The predicted molar refractivity (Wildman–Crippen MR) is 245 cm³/mol. The van der Waals surface area contributed by atoms with Gasteiger partial charge in [0.1, 0.15) is 6.10 Å². The molecular formula is C51H91NO5. The van der Waals surface area contributed by atoms with Gasteiger partial charge in [-0.05, 0) is 77.0 Å². The number of rotatable bonds is 42. The largest absolute Gasteiger partial charge is 0.462 e. The maximum absolute atomic E-state index is 13.1. The van der Waals surface area contributed by atoms with Crippen LogP contribution in [0.15, 0.2) is 60.8 Å². The summed E-state index contributed by atoms with van der Waals surface area (Å²) >= 11 is 0. The zero-order valence-corrected chi connectivity index (χ0v) is 37.5. The molecule has 0 heterocycles. The molecule has 57 heavy (non-hydrogen) atoms. The smallest absolute Gasteiger partial charge is 0.306 e. The zero-order valence-electron chi connectivity index (χ0n) is 37.5. The molecule has 0 spiro atoms. The van der Waals surface area contributed by atoms with Crippen LogP contribution in [0.2, 0.25) is 0 Å². The summed E-state index contributed by atoms with van der Waals surface area (Å²) in [5.41, 5.74) is 0. The summed E-state index contributed by atoms with van der Waals surface area (Å²) in [5, 5.41) is 23.7. The number of allylic oxidation sites excluding steroid dienone is 10. The van der Waals surface area contributed by atoms with Gasteiger partial charge in [0, 0.05) is 6.42 Å². The molecule has 0 aliphatic carbocycles. The van der Waals surface area contributed by atoms with E-state index in [1.807, 2.05) is 6.08 Å². The number of hydrogen-bond acceptors (Lipinski definition) is 5. The van der Waals surface area contributed by atoms with Crippen molar-refractivity contribution < 1.29 is 24.5 Å². The standard InChI is InChI=1S/C51H91NO5/c1-4-7-10-13-16-19-22-24-26-28-30-33-36-39-42-47(57-51(56)44-41-38-35-32-29-25-23-20-17-14-11-8-5-2)45-50(55)52-48(46-53)49(54)43-40-37-34-31-27-21-18-15-12-9-6-3/h7,10,16,19,24-26,29,35,38,47-49,53-54H,4-6,8-9,11-15,17-18,20-23,27-28,30-34,36-37,39-46H2,1-3H3,(H,52,55)/b10-7+,19-16+,26-24+,29-25-,38-35+. The number of aliphatic hydroxyl groups excluding tert-OH is 2. The Morgan fingerprint density at radius 2 is 0.947 bits per heavy atom. The fourth-order valence-corrected chi connectivity index (χ4v) is 6.97. The number of esters is 1. The first-order valence-corrected chi connectivity index (χ1v) is 24.0. The van der Waals surface area contributed by atoms with Gasteiger partial charge < -0.3 is 20.3 Å². The molecule has 6 nitrogen and oxygen atoms in total. The van der Waals surface area contributed by atoms with E-state index < -0.39 is 18.2 Å². The average molecular weight is 798 g/mol. The first kappa shape index (κ1) is 54.6. The van der Waals surface area contributed by atoms with E-state index in [9.17, 15) is 19.8 Å². The number of ether oxygens (including phenoxy) is 1. The van der Waals surface area contributed by atoms with E-state index in [1.165, 1.54) is 89.9 Å². The summed E-state index contributed by atoms with van der Waals surface area (Å²) < 4.78 is 5.87. The van der Waals surface area contributed by atoms with Crippen LogP contribution in [0, 0.1) is 0 Å². The van der Waals surface area contributed by atoms with Crippen molar-refractivity contribution in [2.24, 2.45) is 0 Å². The first-order valence-electron chi connectivity index (χ1n) is 24.0. The van der Waals surface area contributed by atoms with E-state index in [2.05, 4.69) is 80.8 Å². The minimum absolute atomic E-state index is 0.0388. The summed E-state index contributed by atoms with van der Waals surface area (Å²) in [4.78, 5) is 26.0. The van der Waals surface area contributed by atoms with Crippen LogP contribution in [0.5, 0.6) is 0 Å². The van der Waals surface area contributed by atoms with Crippen LogP contribution in [0.25, 0.3) is 0 Å². The van der Waals surface area contributed by atoms with Gasteiger partial charge >= 0.3 is 5.97 Å². The Morgan fingerprint density at radius 1 is 0.526 bits per heavy atom. The third kappa shape index (κ3) is 40.1. The average Bonchev–Trinajstić information content (AvgIpc) is 3.20. The highest BCUT2D eigenvalue weighted by atomic mass is 16.5. The van der Waals surface area contributed by atoms with E-state index >= 15 is 0 Å². The van der Waals surface area contributed by atoms with Crippen molar-refractivity contribution in [2.45, 2.75) is 244 Å². The molecule has 6 heteroatoms. The highest BCUT2D eigenvalue weighted by molar-refractivity contribution is 5.77. The quantitative estimate of drug-likeness (QED) is 0.0325. The molecule has 0 rings (SSSR count). The van der Waals surface area contributed by atoms with Crippen LogP contribution in [0.3, 0.4) is 0 Å². The van der Waals surface area contributed by atoms with E-state index in [4.69, 9.17) is 4.74 Å². The molecule has 330 valence electrons. The van der Waals surface area contributed by atoms with Crippen LogP contribution in [-0.4, -0.2) is 46.9 Å². The number of carbonyl (C=O) groups is 2. The van der Waals surface area contributed by atoms with Crippen LogP contribution < -0.4 is 5.32 Å². The molecule has 3 atom stereocenters. The van der Waals surface area contributed by atoms with Crippen molar-refractivity contribution in [3.8, 4) is 0 Å². The van der Waals surface area contributed by atoms with Crippen molar-refractivity contribution in [3.05, 3.63) is 60.8 Å². The minimum Gasteiger partial charge on any atom is -0.462 e. The Bertz CT molecular complexity index is 1030. The van der Waals surface area contributed by atoms with Crippen molar-refractivity contribution in [1.29, 1.82) is 0 Å². The zero-order chi connectivity index (χ0) is 41.7. The maximum Gasteiger partial charge on any atom is 0.306 e. The topological polar surface area (TPSA) is 95.9 Å². The summed E-state index contributed by atoms with van der Waals surface area (Å²) in [6, 6.07) is -0.719. The Balaban J connectivity index is 4.72. The second-order valence-corrected chi connectivity index (χ2v) is 16.1. The molecule has 1 amide bonds. The lowest BCUT2D eigenvalue weighted by atomic mass is 10.0. The number of amides is 1. The molecule has 0 saturated heterocycles. The molecule has 0 saturated carbocycles. The summed E-state index contributed by atoms with van der Waals surface area (Å²) in [6.45, 7) is 6.32. The summed E-state index contributed by atoms with van der Waals surface area (Å²) in [6.07, 6.45) is 54.3. The van der Waals surface area contributed by atoms with Crippen molar-refractivity contribution in [3.63, 3.8) is 0 Å². The van der Waals surface area contributed by atoms with Crippen LogP contribution in [0.4, 0.5) is 0 Å². The molecule has 0 aromatic heterocycles. The molecule has 0 aliphatic rings. The Morgan fingerprint density at radius 3 is 1.44 bits per heavy atom.